The number of amides is 1. The summed E-state index contributed by atoms with van der Waals surface area (Å²) in [6.45, 7) is 1.12. The summed E-state index contributed by atoms with van der Waals surface area (Å²) >= 11 is 7.47. The first kappa shape index (κ1) is 21.8. The quantitative estimate of drug-likeness (QED) is 0.296. The van der Waals surface area contributed by atoms with Gasteiger partial charge in [0.2, 0.25) is 5.91 Å². The van der Waals surface area contributed by atoms with Crippen molar-refractivity contribution in [3.8, 4) is 11.4 Å². The molecule has 8 heteroatoms. The van der Waals surface area contributed by atoms with Crippen LogP contribution in [0.4, 0.5) is 0 Å². The molecule has 1 amide bonds. The van der Waals surface area contributed by atoms with Gasteiger partial charge in [0.15, 0.2) is 11.0 Å². The summed E-state index contributed by atoms with van der Waals surface area (Å²) in [7, 11) is 0. The Morgan fingerprint density at radius 1 is 1.06 bits per heavy atom. The molecule has 0 bridgehead atoms. The molecule has 0 N–H and O–H groups in total. The molecule has 1 aliphatic carbocycles. The van der Waals surface area contributed by atoms with Crippen LogP contribution in [0.15, 0.2) is 82.6 Å². The molecule has 5 rings (SSSR count). The summed E-state index contributed by atoms with van der Waals surface area (Å²) in [5.41, 5.74) is 2.05. The Hall–Kier alpha value is -3.03. The molecule has 0 radical (unpaired) electrons. The number of rotatable bonds is 9. The fraction of sp³-hybridized carbons (Fsp3) is 0.240. The van der Waals surface area contributed by atoms with E-state index in [0.29, 0.717) is 40.9 Å². The summed E-state index contributed by atoms with van der Waals surface area (Å²) < 4.78 is 7.54. The number of hydrogen-bond donors (Lipinski definition) is 0. The Bertz CT molecular complexity index is 1210. The van der Waals surface area contributed by atoms with Gasteiger partial charge in [-0.05, 0) is 54.8 Å². The largest absolute Gasteiger partial charge is 0.467 e. The van der Waals surface area contributed by atoms with E-state index < -0.39 is 0 Å². The van der Waals surface area contributed by atoms with Crippen molar-refractivity contribution in [1.29, 1.82) is 0 Å². The van der Waals surface area contributed by atoms with Crippen LogP contribution in [0, 0.1) is 0 Å². The number of hydrogen-bond acceptors (Lipinski definition) is 5. The van der Waals surface area contributed by atoms with Gasteiger partial charge < -0.3 is 9.32 Å². The number of benzene rings is 2. The number of halogens is 1. The Labute approximate surface area is 201 Å². The minimum atomic E-state index is 0.118. The molecule has 33 heavy (non-hydrogen) atoms. The van der Waals surface area contributed by atoms with Gasteiger partial charge in [-0.3, -0.25) is 9.36 Å². The van der Waals surface area contributed by atoms with Gasteiger partial charge in [-0.2, -0.15) is 0 Å². The second-order valence-electron chi connectivity index (χ2n) is 8.01. The monoisotopic (exact) mass is 478 g/mol. The lowest BCUT2D eigenvalue weighted by Crippen LogP contribution is -2.34. The molecule has 0 aliphatic heterocycles. The fourth-order valence-electron chi connectivity index (χ4n) is 3.71. The summed E-state index contributed by atoms with van der Waals surface area (Å²) in [5.74, 6) is 1.93. The van der Waals surface area contributed by atoms with Crippen LogP contribution in [0.3, 0.4) is 0 Å². The van der Waals surface area contributed by atoms with Gasteiger partial charge in [-0.1, -0.05) is 53.7 Å². The molecular formula is C25H23ClN4O2S. The smallest absolute Gasteiger partial charge is 0.233 e. The first-order valence-electron chi connectivity index (χ1n) is 10.8. The number of carbonyl (C=O) groups is 1. The lowest BCUT2D eigenvalue weighted by molar-refractivity contribution is -0.129. The SMILES string of the molecule is O=C(CSc1nnc(-c2ccc(Cl)cc2)n1Cc1ccco1)N(Cc1ccccc1)C1CC1. The Kier molecular flexibility index (Phi) is 6.51. The highest BCUT2D eigenvalue weighted by atomic mass is 35.5. The number of nitrogens with zero attached hydrogens (tertiary/aromatic N) is 4. The van der Waals surface area contributed by atoms with E-state index in [1.807, 2.05) is 64.1 Å². The minimum Gasteiger partial charge on any atom is -0.467 e. The standard InChI is InChI=1S/C25H23ClN4O2S/c26-20-10-8-19(9-11-20)24-27-28-25(30(24)16-22-7-4-14-32-22)33-17-23(31)29(21-12-13-21)15-18-5-2-1-3-6-18/h1-11,14,21H,12-13,15-17H2. The van der Waals surface area contributed by atoms with E-state index in [-0.39, 0.29) is 5.91 Å². The van der Waals surface area contributed by atoms with E-state index in [1.54, 1.807) is 6.26 Å². The van der Waals surface area contributed by atoms with E-state index in [4.69, 9.17) is 16.0 Å². The number of aromatic nitrogens is 3. The van der Waals surface area contributed by atoms with Crippen molar-refractivity contribution in [2.45, 2.75) is 37.1 Å². The van der Waals surface area contributed by atoms with Crippen LogP contribution in [0.25, 0.3) is 11.4 Å². The van der Waals surface area contributed by atoms with E-state index in [0.717, 1.165) is 29.7 Å². The normalized spacial score (nSPS) is 13.2. The van der Waals surface area contributed by atoms with Gasteiger partial charge in [0, 0.05) is 23.2 Å². The predicted molar refractivity (Wildman–Crippen MR) is 129 cm³/mol. The molecule has 6 nitrogen and oxygen atoms in total. The van der Waals surface area contributed by atoms with Crippen LogP contribution in [-0.2, 0) is 17.9 Å². The van der Waals surface area contributed by atoms with Crippen molar-refractivity contribution >= 4 is 29.3 Å². The van der Waals surface area contributed by atoms with Crippen molar-refractivity contribution < 1.29 is 9.21 Å². The first-order valence-corrected chi connectivity index (χ1v) is 12.2. The van der Waals surface area contributed by atoms with Gasteiger partial charge in [-0.15, -0.1) is 10.2 Å². The van der Waals surface area contributed by atoms with Crippen LogP contribution < -0.4 is 0 Å². The van der Waals surface area contributed by atoms with Crippen LogP contribution in [0.5, 0.6) is 0 Å². The van der Waals surface area contributed by atoms with E-state index in [2.05, 4.69) is 22.3 Å². The van der Waals surface area contributed by atoms with Crippen molar-refractivity contribution in [2.75, 3.05) is 5.75 Å². The summed E-state index contributed by atoms with van der Waals surface area (Å²) in [4.78, 5) is 15.2. The zero-order chi connectivity index (χ0) is 22.6. The molecule has 2 aromatic heterocycles. The van der Waals surface area contributed by atoms with Crippen molar-refractivity contribution in [3.05, 3.63) is 89.3 Å². The van der Waals surface area contributed by atoms with Crippen LogP contribution in [0.1, 0.15) is 24.2 Å². The molecule has 0 spiro atoms. The van der Waals surface area contributed by atoms with Crippen molar-refractivity contribution in [3.63, 3.8) is 0 Å². The zero-order valence-electron chi connectivity index (χ0n) is 17.9. The van der Waals surface area contributed by atoms with Crippen LogP contribution >= 0.6 is 23.4 Å². The lowest BCUT2D eigenvalue weighted by Gasteiger charge is -2.22. The topological polar surface area (TPSA) is 64.2 Å². The van der Waals surface area contributed by atoms with Gasteiger partial charge in [0.25, 0.3) is 0 Å². The predicted octanol–water partition coefficient (Wildman–Crippen LogP) is 5.52. The molecule has 4 aromatic rings. The molecule has 0 unspecified atom stereocenters. The van der Waals surface area contributed by atoms with Gasteiger partial charge in [-0.25, -0.2) is 0 Å². The third kappa shape index (κ3) is 5.31. The maximum absolute atomic E-state index is 13.2. The van der Waals surface area contributed by atoms with Gasteiger partial charge in [0.05, 0.1) is 18.6 Å². The van der Waals surface area contributed by atoms with Gasteiger partial charge >= 0.3 is 0 Å². The molecule has 0 saturated heterocycles. The van der Waals surface area contributed by atoms with Crippen LogP contribution in [-0.4, -0.2) is 37.4 Å². The number of furan rings is 1. The highest BCUT2D eigenvalue weighted by molar-refractivity contribution is 7.99. The average molecular weight is 479 g/mol. The number of carbonyl (C=O) groups excluding carboxylic acids is 1. The van der Waals surface area contributed by atoms with E-state index >= 15 is 0 Å². The van der Waals surface area contributed by atoms with Crippen LogP contribution in [0.2, 0.25) is 5.02 Å². The van der Waals surface area contributed by atoms with Crippen molar-refractivity contribution in [1.82, 2.24) is 19.7 Å². The average Bonchev–Trinajstić information content (AvgIpc) is 3.40. The third-order valence-corrected chi connectivity index (χ3v) is 6.75. The molecule has 2 aromatic carbocycles. The molecule has 1 fully saturated rings. The second kappa shape index (κ2) is 9.85. The number of thioether (sulfide) groups is 1. The summed E-state index contributed by atoms with van der Waals surface area (Å²) in [6, 6.07) is 21.7. The van der Waals surface area contributed by atoms with Gasteiger partial charge in [0.1, 0.15) is 5.76 Å². The summed E-state index contributed by atoms with van der Waals surface area (Å²) in [6.07, 6.45) is 3.78. The lowest BCUT2D eigenvalue weighted by atomic mass is 10.2. The molecule has 168 valence electrons. The highest BCUT2D eigenvalue weighted by Crippen LogP contribution is 2.31. The molecule has 2 heterocycles. The molecule has 1 aliphatic rings. The second-order valence-corrected chi connectivity index (χ2v) is 9.38. The third-order valence-electron chi connectivity index (χ3n) is 5.54. The molecular weight excluding hydrogens is 456 g/mol. The minimum absolute atomic E-state index is 0.118. The highest BCUT2D eigenvalue weighted by Gasteiger charge is 2.32. The maximum Gasteiger partial charge on any atom is 0.233 e. The fourth-order valence-corrected chi connectivity index (χ4v) is 4.66. The van der Waals surface area contributed by atoms with E-state index in [1.165, 1.54) is 11.8 Å². The zero-order valence-corrected chi connectivity index (χ0v) is 19.5. The first-order chi connectivity index (χ1) is 16.2. The molecule has 1 saturated carbocycles. The summed E-state index contributed by atoms with van der Waals surface area (Å²) in [5, 5.41) is 10.2. The molecule has 0 atom stereocenters. The van der Waals surface area contributed by atoms with E-state index in [9.17, 15) is 4.79 Å². The Balaban J connectivity index is 1.35. The van der Waals surface area contributed by atoms with Crippen molar-refractivity contribution in [2.24, 2.45) is 0 Å². The Morgan fingerprint density at radius 3 is 2.55 bits per heavy atom. The Morgan fingerprint density at radius 2 is 1.85 bits per heavy atom. The maximum atomic E-state index is 13.2.